The van der Waals surface area contributed by atoms with Gasteiger partial charge in [0.2, 0.25) is 5.91 Å². The van der Waals surface area contributed by atoms with Crippen LogP contribution in [0, 0.1) is 20.9 Å². The summed E-state index contributed by atoms with van der Waals surface area (Å²) in [6.07, 6.45) is -0.0141. The Balaban J connectivity index is 6.50. The molecule has 0 rings (SSSR count). The van der Waals surface area contributed by atoms with Gasteiger partial charge in [-0.15, -0.1) is 0 Å². The summed E-state index contributed by atoms with van der Waals surface area (Å²) in [6, 6.07) is 0. The van der Waals surface area contributed by atoms with Gasteiger partial charge in [-0.1, -0.05) is 27.4 Å². The maximum Gasteiger partial charge on any atom is 0.513 e. The third kappa shape index (κ3) is 5.74. The quantitative estimate of drug-likeness (QED) is 0.257. The maximum absolute atomic E-state index is 11.7. The Morgan fingerprint density at radius 2 is 1.68 bits per heavy atom. The van der Waals surface area contributed by atoms with Crippen molar-refractivity contribution in [1.29, 1.82) is 0 Å². The molecule has 8 nitrogen and oxygen atoms in total. The Hall–Kier alpha value is -2.64. The molecule has 8 heteroatoms. The number of hydrogen-bond acceptors (Lipinski definition) is 6. The number of ether oxygens (including phenoxy) is 2. The zero-order valence-electron chi connectivity index (χ0n) is 15.8. The highest BCUT2D eigenvalue weighted by atomic mass is 16.7. The number of carbonyl (C=O) groups is 2. The van der Waals surface area contributed by atoms with E-state index in [1.54, 1.807) is 20.8 Å². The van der Waals surface area contributed by atoms with Crippen molar-refractivity contribution in [2.24, 2.45) is 16.6 Å². The molecule has 0 aliphatic heterocycles. The van der Waals surface area contributed by atoms with Gasteiger partial charge >= 0.3 is 6.16 Å². The number of rotatable bonds is 6. The lowest BCUT2D eigenvalue weighted by Gasteiger charge is -2.24. The van der Waals surface area contributed by atoms with Crippen molar-refractivity contribution in [2.75, 3.05) is 7.11 Å². The second-order valence-corrected chi connectivity index (χ2v) is 7.05. The zero-order valence-corrected chi connectivity index (χ0v) is 15.8. The highest BCUT2D eigenvalue weighted by Crippen LogP contribution is 2.34. The summed E-state index contributed by atoms with van der Waals surface area (Å²) < 4.78 is 9.47. The molecule has 0 unspecified atom stereocenters. The molecule has 0 atom stereocenters. The average molecular weight is 354 g/mol. The number of nitrogens with two attached hydrogens (primary N) is 1. The average Bonchev–Trinajstić information content (AvgIpc) is 2.47. The Morgan fingerprint density at radius 1 is 1.20 bits per heavy atom. The summed E-state index contributed by atoms with van der Waals surface area (Å²) in [5, 5.41) is 11.5. The van der Waals surface area contributed by atoms with Crippen molar-refractivity contribution < 1.29 is 24.0 Å². The van der Waals surface area contributed by atoms with Crippen LogP contribution in [-0.2, 0) is 14.3 Å². The number of carbonyl (C=O) groups excluding carboxylic acids is 2. The number of hydrogen-bond donors (Lipinski definition) is 1. The van der Waals surface area contributed by atoms with E-state index in [-0.39, 0.29) is 22.6 Å². The van der Waals surface area contributed by atoms with Gasteiger partial charge in [-0.3, -0.25) is 14.9 Å². The first-order chi connectivity index (χ1) is 11.2. The molecular weight excluding hydrogens is 328 g/mol. The summed E-state index contributed by atoms with van der Waals surface area (Å²) in [5.41, 5.74) is 3.71. The molecule has 0 aliphatic carbocycles. The van der Waals surface area contributed by atoms with Crippen LogP contribution in [0.3, 0.4) is 0 Å². The molecule has 0 saturated heterocycles. The Kier molecular flexibility index (Phi) is 7.12. The van der Waals surface area contributed by atoms with Crippen molar-refractivity contribution in [3.05, 3.63) is 45.4 Å². The molecule has 1 amide bonds. The number of allylic oxidation sites excluding steroid dienone is 2. The van der Waals surface area contributed by atoms with E-state index in [1.165, 1.54) is 20.8 Å². The largest absolute Gasteiger partial charge is 0.513 e. The van der Waals surface area contributed by atoms with Crippen LogP contribution in [0.1, 0.15) is 41.5 Å². The van der Waals surface area contributed by atoms with Crippen LogP contribution in [0.5, 0.6) is 0 Å². The maximum atomic E-state index is 11.7. The fourth-order valence-corrected chi connectivity index (χ4v) is 1.60. The summed E-state index contributed by atoms with van der Waals surface area (Å²) in [4.78, 5) is 34.1. The van der Waals surface area contributed by atoms with Crippen LogP contribution >= 0.6 is 0 Å². The van der Waals surface area contributed by atoms with E-state index in [0.717, 1.165) is 13.2 Å². The van der Waals surface area contributed by atoms with E-state index in [0.29, 0.717) is 0 Å². The second kappa shape index (κ2) is 7.96. The highest BCUT2D eigenvalue weighted by molar-refractivity contribution is 5.83. The van der Waals surface area contributed by atoms with E-state index in [4.69, 9.17) is 10.5 Å². The second-order valence-electron chi connectivity index (χ2n) is 7.05. The van der Waals surface area contributed by atoms with Gasteiger partial charge in [0.05, 0.1) is 23.5 Å². The molecule has 0 fully saturated rings. The van der Waals surface area contributed by atoms with Gasteiger partial charge in [0.15, 0.2) is 0 Å². The molecule has 25 heavy (non-hydrogen) atoms. The Morgan fingerprint density at radius 3 is 2.00 bits per heavy atom. The first-order valence-electron chi connectivity index (χ1n) is 7.49. The molecule has 0 radical (unpaired) electrons. The predicted octanol–water partition coefficient (Wildman–Crippen LogP) is 3.32. The molecule has 0 aromatic rings. The summed E-state index contributed by atoms with van der Waals surface area (Å²) in [6.45, 7) is 13.6. The standard InChI is InChI=1S/C17H26N2O6/c1-10(16(3,4)5)12(19(22)23)9-13(25-15(21)24-8)11(2)17(6,7)14(18)20/h9H,1H2,2-8H3,(H2,18,20)/b12-9+,13-11-. The zero-order chi connectivity index (χ0) is 20.2. The van der Waals surface area contributed by atoms with Crippen molar-refractivity contribution in [3.63, 3.8) is 0 Å². The molecule has 0 heterocycles. The van der Waals surface area contributed by atoms with Gasteiger partial charge in [-0.2, -0.15) is 0 Å². The van der Waals surface area contributed by atoms with Crippen LogP contribution in [0.4, 0.5) is 4.79 Å². The Bertz CT molecular complexity index is 651. The van der Waals surface area contributed by atoms with Gasteiger partial charge in [0.25, 0.3) is 5.70 Å². The first-order valence-corrected chi connectivity index (χ1v) is 7.49. The highest BCUT2D eigenvalue weighted by Gasteiger charge is 2.33. The smallest absolute Gasteiger partial charge is 0.437 e. The van der Waals surface area contributed by atoms with Crippen LogP contribution in [-0.4, -0.2) is 24.1 Å². The van der Waals surface area contributed by atoms with E-state index < -0.39 is 27.8 Å². The number of nitro groups is 1. The van der Waals surface area contributed by atoms with Gasteiger partial charge < -0.3 is 15.2 Å². The van der Waals surface area contributed by atoms with Crippen LogP contribution < -0.4 is 5.73 Å². The van der Waals surface area contributed by atoms with Gasteiger partial charge in [0, 0.05) is 5.57 Å². The SMILES string of the molecule is C=C(/C(=C\C(OC(=O)OC)=C(/C)C(C)(C)C(N)=O)[N+](=O)[O-])C(C)(C)C. The first kappa shape index (κ1) is 22.4. The lowest BCUT2D eigenvalue weighted by molar-refractivity contribution is -0.422. The van der Waals surface area contributed by atoms with Crippen molar-refractivity contribution in [1.82, 2.24) is 0 Å². The van der Waals surface area contributed by atoms with Crippen LogP contribution in [0.15, 0.2) is 35.3 Å². The normalized spacial score (nSPS) is 13.6. The van der Waals surface area contributed by atoms with E-state index in [2.05, 4.69) is 11.3 Å². The summed E-state index contributed by atoms with van der Waals surface area (Å²) in [5.74, 6) is -0.866. The van der Waals surface area contributed by atoms with Crippen LogP contribution in [0.2, 0.25) is 0 Å². The van der Waals surface area contributed by atoms with Crippen molar-refractivity contribution in [3.8, 4) is 0 Å². The molecule has 2 N–H and O–H groups in total. The van der Waals surface area contributed by atoms with Crippen molar-refractivity contribution in [2.45, 2.75) is 41.5 Å². The number of amides is 1. The monoisotopic (exact) mass is 354 g/mol. The summed E-state index contributed by atoms with van der Waals surface area (Å²) in [7, 11) is 1.10. The molecule has 140 valence electrons. The number of primary amides is 1. The van der Waals surface area contributed by atoms with E-state index in [1.807, 2.05) is 0 Å². The topological polar surface area (TPSA) is 122 Å². The van der Waals surface area contributed by atoms with Crippen LogP contribution in [0.25, 0.3) is 0 Å². The molecule has 0 spiro atoms. The van der Waals surface area contributed by atoms with E-state index in [9.17, 15) is 19.7 Å². The van der Waals surface area contributed by atoms with Gasteiger partial charge in [-0.25, -0.2) is 4.79 Å². The third-order valence-corrected chi connectivity index (χ3v) is 3.96. The molecule has 0 aromatic heterocycles. The minimum Gasteiger partial charge on any atom is -0.437 e. The summed E-state index contributed by atoms with van der Waals surface area (Å²) >= 11 is 0. The predicted molar refractivity (Wildman–Crippen MR) is 92.8 cm³/mol. The lowest BCUT2D eigenvalue weighted by atomic mass is 9.82. The number of methoxy groups -OCH3 is 1. The minimum atomic E-state index is -1.20. The molecule has 0 aliphatic rings. The van der Waals surface area contributed by atoms with Gasteiger partial charge in [-0.05, 0) is 31.8 Å². The fourth-order valence-electron chi connectivity index (χ4n) is 1.60. The third-order valence-electron chi connectivity index (χ3n) is 3.96. The van der Waals surface area contributed by atoms with Gasteiger partial charge in [0.1, 0.15) is 5.76 Å². The van der Waals surface area contributed by atoms with Crippen molar-refractivity contribution >= 4 is 12.1 Å². The fraction of sp³-hybridized carbons (Fsp3) is 0.529. The molecule has 0 aromatic carbocycles. The molecule has 0 bridgehead atoms. The molecular formula is C17H26N2O6. The lowest BCUT2D eigenvalue weighted by Crippen LogP contribution is -2.33. The molecule has 0 saturated carbocycles. The van der Waals surface area contributed by atoms with E-state index >= 15 is 0 Å². The number of nitrogens with zero attached hydrogens (tertiary/aromatic N) is 1. The minimum absolute atomic E-state index is 0.187. The Labute approximate surface area is 147 Å².